The molecule has 13 heavy (non-hydrogen) atoms. The van der Waals surface area contributed by atoms with E-state index in [0.717, 1.165) is 11.8 Å². The lowest BCUT2D eigenvalue weighted by atomic mass is 10.0. The number of hydrogen-bond acceptors (Lipinski definition) is 2. The van der Waals surface area contributed by atoms with E-state index in [-0.39, 0.29) is 0 Å². The highest BCUT2D eigenvalue weighted by Crippen LogP contribution is 2.05. The zero-order valence-corrected chi connectivity index (χ0v) is 9.10. The van der Waals surface area contributed by atoms with E-state index in [2.05, 4.69) is 24.5 Å². The molecule has 1 rings (SSSR count). The topological polar surface area (TPSA) is 24.1 Å². The molecule has 0 aliphatic carbocycles. The fraction of sp³-hybridized carbons (Fsp3) is 1.00. The van der Waals surface area contributed by atoms with Crippen molar-refractivity contribution >= 4 is 0 Å². The number of rotatable bonds is 7. The molecule has 0 unspecified atom stereocenters. The minimum absolute atomic E-state index is 0.871. The van der Waals surface area contributed by atoms with Crippen LogP contribution in [0.4, 0.5) is 0 Å². The van der Waals surface area contributed by atoms with Crippen molar-refractivity contribution in [3.63, 3.8) is 0 Å². The van der Waals surface area contributed by atoms with E-state index >= 15 is 0 Å². The van der Waals surface area contributed by atoms with Crippen molar-refractivity contribution < 1.29 is 0 Å². The molecule has 0 amide bonds. The zero-order valence-electron chi connectivity index (χ0n) is 9.10. The molecule has 0 saturated carbocycles. The third kappa shape index (κ3) is 5.27. The van der Waals surface area contributed by atoms with E-state index in [1.54, 1.807) is 0 Å². The predicted octanol–water partition coefficient (Wildman–Crippen LogP) is 1.62. The van der Waals surface area contributed by atoms with Crippen LogP contribution in [-0.4, -0.2) is 26.2 Å². The first-order valence-corrected chi connectivity index (χ1v) is 5.70. The van der Waals surface area contributed by atoms with Gasteiger partial charge < -0.3 is 10.6 Å². The van der Waals surface area contributed by atoms with Crippen LogP contribution >= 0.6 is 0 Å². The summed E-state index contributed by atoms with van der Waals surface area (Å²) in [4.78, 5) is 0. The van der Waals surface area contributed by atoms with Crippen LogP contribution in [0.15, 0.2) is 0 Å². The molecule has 78 valence electrons. The average molecular weight is 184 g/mol. The van der Waals surface area contributed by atoms with Crippen molar-refractivity contribution in [3.8, 4) is 0 Å². The molecule has 2 nitrogen and oxygen atoms in total. The molecule has 1 aliphatic heterocycles. The molecular weight excluding hydrogens is 160 g/mol. The Bertz CT molecular complexity index is 119. The summed E-state index contributed by atoms with van der Waals surface area (Å²) in [7, 11) is 0. The van der Waals surface area contributed by atoms with E-state index < -0.39 is 0 Å². The highest BCUT2D eigenvalue weighted by molar-refractivity contribution is 4.76. The average Bonchev–Trinajstić information content (AvgIpc) is 1.99. The quantitative estimate of drug-likeness (QED) is 0.588. The highest BCUT2D eigenvalue weighted by atomic mass is 15.0. The zero-order chi connectivity index (χ0) is 9.52. The van der Waals surface area contributed by atoms with Crippen molar-refractivity contribution in [2.24, 2.45) is 11.8 Å². The second-order valence-electron chi connectivity index (χ2n) is 4.62. The van der Waals surface area contributed by atoms with Gasteiger partial charge in [0.05, 0.1) is 0 Å². The van der Waals surface area contributed by atoms with Gasteiger partial charge in [-0.25, -0.2) is 0 Å². The summed E-state index contributed by atoms with van der Waals surface area (Å²) in [6.45, 7) is 9.47. The van der Waals surface area contributed by atoms with Gasteiger partial charge in [-0.2, -0.15) is 0 Å². The molecule has 0 spiro atoms. The minimum atomic E-state index is 0.871. The van der Waals surface area contributed by atoms with E-state index in [0.29, 0.717) is 0 Å². The summed E-state index contributed by atoms with van der Waals surface area (Å²) in [5, 5.41) is 6.81. The Morgan fingerprint density at radius 3 is 2.62 bits per heavy atom. The fourth-order valence-electron chi connectivity index (χ4n) is 1.60. The molecule has 0 radical (unpaired) electrons. The summed E-state index contributed by atoms with van der Waals surface area (Å²) < 4.78 is 0. The molecule has 0 aromatic carbocycles. The van der Waals surface area contributed by atoms with E-state index in [1.165, 1.54) is 45.4 Å². The molecule has 0 bridgehead atoms. The Hall–Kier alpha value is -0.0800. The first kappa shape index (κ1) is 11.0. The highest BCUT2D eigenvalue weighted by Gasteiger charge is 2.14. The second kappa shape index (κ2) is 6.39. The molecule has 0 atom stereocenters. The maximum atomic E-state index is 3.52. The molecule has 0 aromatic heterocycles. The fourth-order valence-corrected chi connectivity index (χ4v) is 1.60. The first-order valence-electron chi connectivity index (χ1n) is 5.70. The number of nitrogens with one attached hydrogen (secondary N) is 2. The molecule has 2 N–H and O–H groups in total. The second-order valence-corrected chi connectivity index (χ2v) is 4.62. The standard InChI is InChI=1S/C11H24N2/c1-10(2)5-3-4-6-12-7-11-8-13-9-11/h10-13H,3-9H2,1-2H3. The van der Waals surface area contributed by atoms with Crippen molar-refractivity contribution in [3.05, 3.63) is 0 Å². The molecule has 1 fully saturated rings. The smallest absolute Gasteiger partial charge is 0.000394 e. The maximum absolute atomic E-state index is 3.52. The Morgan fingerprint density at radius 1 is 1.31 bits per heavy atom. The van der Waals surface area contributed by atoms with Gasteiger partial charge in [-0.15, -0.1) is 0 Å². The Labute approximate surface area is 82.5 Å². The van der Waals surface area contributed by atoms with Crippen LogP contribution in [-0.2, 0) is 0 Å². The van der Waals surface area contributed by atoms with Gasteiger partial charge in [0.25, 0.3) is 0 Å². The molecular formula is C11H24N2. The van der Waals surface area contributed by atoms with Gasteiger partial charge in [0.15, 0.2) is 0 Å². The number of hydrogen-bond donors (Lipinski definition) is 2. The third-order valence-corrected chi connectivity index (χ3v) is 2.68. The van der Waals surface area contributed by atoms with Gasteiger partial charge in [0, 0.05) is 19.6 Å². The maximum Gasteiger partial charge on any atom is 0.000394 e. The van der Waals surface area contributed by atoms with Gasteiger partial charge in [-0.3, -0.25) is 0 Å². The summed E-state index contributed by atoms with van der Waals surface area (Å²) >= 11 is 0. The molecule has 1 saturated heterocycles. The van der Waals surface area contributed by atoms with Gasteiger partial charge in [-0.05, 0) is 24.8 Å². The van der Waals surface area contributed by atoms with Crippen LogP contribution in [0.1, 0.15) is 33.1 Å². The lowest BCUT2D eigenvalue weighted by molar-refractivity contribution is 0.330. The van der Waals surface area contributed by atoms with Crippen LogP contribution in [0.3, 0.4) is 0 Å². The Kier molecular flexibility index (Phi) is 5.40. The molecule has 2 heteroatoms. The Balaban J connectivity index is 1.73. The summed E-state index contributed by atoms with van der Waals surface area (Å²) in [6, 6.07) is 0. The van der Waals surface area contributed by atoms with Crippen molar-refractivity contribution in [1.29, 1.82) is 0 Å². The normalized spacial score (nSPS) is 17.8. The van der Waals surface area contributed by atoms with E-state index in [9.17, 15) is 0 Å². The third-order valence-electron chi connectivity index (χ3n) is 2.68. The lowest BCUT2D eigenvalue weighted by Gasteiger charge is -2.27. The SMILES string of the molecule is CC(C)CCCCNCC1CNC1. The van der Waals surface area contributed by atoms with Crippen molar-refractivity contribution in [1.82, 2.24) is 10.6 Å². The summed E-state index contributed by atoms with van der Waals surface area (Å²) in [5.41, 5.74) is 0. The van der Waals surface area contributed by atoms with Crippen molar-refractivity contribution in [2.45, 2.75) is 33.1 Å². The summed E-state index contributed by atoms with van der Waals surface area (Å²) in [5.74, 6) is 1.78. The van der Waals surface area contributed by atoms with Crippen LogP contribution in [0.2, 0.25) is 0 Å². The van der Waals surface area contributed by atoms with Crippen LogP contribution in [0.5, 0.6) is 0 Å². The monoisotopic (exact) mass is 184 g/mol. The van der Waals surface area contributed by atoms with Gasteiger partial charge in [0.1, 0.15) is 0 Å². The van der Waals surface area contributed by atoms with Crippen LogP contribution < -0.4 is 10.6 Å². The Morgan fingerprint density at radius 2 is 2.08 bits per heavy atom. The van der Waals surface area contributed by atoms with E-state index in [1.807, 2.05) is 0 Å². The lowest BCUT2D eigenvalue weighted by Crippen LogP contribution is -2.47. The predicted molar refractivity (Wildman–Crippen MR) is 57.9 cm³/mol. The van der Waals surface area contributed by atoms with Gasteiger partial charge in [0.2, 0.25) is 0 Å². The first-order chi connectivity index (χ1) is 6.29. The molecule has 1 heterocycles. The summed E-state index contributed by atoms with van der Waals surface area (Å²) in [6.07, 6.45) is 4.11. The minimum Gasteiger partial charge on any atom is -0.316 e. The van der Waals surface area contributed by atoms with Gasteiger partial charge >= 0.3 is 0 Å². The van der Waals surface area contributed by atoms with Gasteiger partial charge in [-0.1, -0.05) is 26.7 Å². The van der Waals surface area contributed by atoms with Crippen molar-refractivity contribution in [2.75, 3.05) is 26.2 Å². The number of unbranched alkanes of at least 4 members (excludes halogenated alkanes) is 1. The van der Waals surface area contributed by atoms with Crippen LogP contribution in [0.25, 0.3) is 0 Å². The molecule has 0 aromatic rings. The molecule has 1 aliphatic rings. The largest absolute Gasteiger partial charge is 0.316 e. The van der Waals surface area contributed by atoms with E-state index in [4.69, 9.17) is 0 Å². The van der Waals surface area contributed by atoms with Crippen LogP contribution in [0, 0.1) is 11.8 Å².